The molecule has 1 saturated heterocycles. The summed E-state index contributed by atoms with van der Waals surface area (Å²) in [5.74, 6) is 2.48. The molecule has 0 spiro atoms. The Bertz CT molecular complexity index is 381. The maximum absolute atomic E-state index is 6.21. The van der Waals surface area contributed by atoms with Crippen molar-refractivity contribution in [3.05, 3.63) is 35.9 Å². The molecular formula is C15H22N2. The Hall–Kier alpha value is -0.860. The SMILES string of the molecule is CC(C)(N)C1C2CN(Cc3ccccc3)CC21. The molecule has 0 aromatic heterocycles. The number of piperidine rings is 1. The monoisotopic (exact) mass is 230 g/mol. The van der Waals surface area contributed by atoms with Crippen LogP contribution in [0, 0.1) is 17.8 Å². The molecule has 2 aliphatic rings. The summed E-state index contributed by atoms with van der Waals surface area (Å²) in [5.41, 5.74) is 7.66. The summed E-state index contributed by atoms with van der Waals surface area (Å²) in [6, 6.07) is 10.8. The quantitative estimate of drug-likeness (QED) is 0.861. The summed E-state index contributed by atoms with van der Waals surface area (Å²) in [6.07, 6.45) is 0. The summed E-state index contributed by atoms with van der Waals surface area (Å²) < 4.78 is 0. The van der Waals surface area contributed by atoms with Crippen molar-refractivity contribution in [2.45, 2.75) is 25.9 Å². The summed E-state index contributed by atoms with van der Waals surface area (Å²) in [7, 11) is 0. The molecule has 92 valence electrons. The van der Waals surface area contributed by atoms with Gasteiger partial charge in [-0.05, 0) is 37.2 Å². The van der Waals surface area contributed by atoms with E-state index in [0.717, 1.165) is 24.3 Å². The van der Waals surface area contributed by atoms with Crippen molar-refractivity contribution in [2.75, 3.05) is 13.1 Å². The van der Waals surface area contributed by atoms with E-state index in [1.165, 1.54) is 18.7 Å². The molecule has 3 rings (SSSR count). The first-order chi connectivity index (χ1) is 8.05. The zero-order chi connectivity index (χ0) is 12.0. The Kier molecular flexibility index (Phi) is 2.53. The van der Waals surface area contributed by atoms with Gasteiger partial charge in [0.25, 0.3) is 0 Å². The Morgan fingerprint density at radius 1 is 1.18 bits per heavy atom. The normalized spacial score (nSPS) is 32.5. The van der Waals surface area contributed by atoms with E-state index in [0.29, 0.717) is 0 Å². The highest BCUT2D eigenvalue weighted by Gasteiger charge is 2.59. The van der Waals surface area contributed by atoms with Crippen LogP contribution in [0.5, 0.6) is 0 Å². The van der Waals surface area contributed by atoms with E-state index < -0.39 is 0 Å². The van der Waals surface area contributed by atoms with E-state index in [9.17, 15) is 0 Å². The molecule has 1 aliphatic heterocycles. The van der Waals surface area contributed by atoms with Crippen molar-refractivity contribution in [1.82, 2.24) is 4.90 Å². The van der Waals surface area contributed by atoms with E-state index in [1.54, 1.807) is 0 Å². The topological polar surface area (TPSA) is 29.3 Å². The molecule has 1 heterocycles. The van der Waals surface area contributed by atoms with Crippen molar-refractivity contribution >= 4 is 0 Å². The standard InChI is InChI=1S/C15H22N2/c1-15(2,16)14-12-9-17(10-13(12)14)8-11-6-4-3-5-7-11/h3-7,12-14H,8-10,16H2,1-2H3. The van der Waals surface area contributed by atoms with Crippen molar-refractivity contribution in [2.24, 2.45) is 23.5 Å². The van der Waals surface area contributed by atoms with Crippen LogP contribution < -0.4 is 5.73 Å². The largest absolute Gasteiger partial charge is 0.325 e. The first-order valence-corrected chi connectivity index (χ1v) is 6.61. The lowest BCUT2D eigenvalue weighted by atomic mass is 9.96. The third-order valence-corrected chi connectivity index (χ3v) is 4.38. The van der Waals surface area contributed by atoms with E-state index in [1.807, 2.05) is 0 Å². The number of rotatable bonds is 3. The van der Waals surface area contributed by atoms with E-state index in [-0.39, 0.29) is 5.54 Å². The minimum Gasteiger partial charge on any atom is -0.325 e. The van der Waals surface area contributed by atoms with Gasteiger partial charge in [-0.2, -0.15) is 0 Å². The fraction of sp³-hybridized carbons (Fsp3) is 0.600. The molecule has 0 amide bonds. The van der Waals surface area contributed by atoms with Gasteiger partial charge in [-0.1, -0.05) is 30.3 Å². The van der Waals surface area contributed by atoms with Gasteiger partial charge in [0.05, 0.1) is 0 Å². The van der Waals surface area contributed by atoms with Crippen LogP contribution in [0.15, 0.2) is 30.3 Å². The number of nitrogens with two attached hydrogens (primary N) is 1. The van der Waals surface area contributed by atoms with Crippen molar-refractivity contribution in [3.63, 3.8) is 0 Å². The highest BCUT2D eigenvalue weighted by molar-refractivity contribution is 5.17. The Balaban J connectivity index is 1.56. The van der Waals surface area contributed by atoms with Crippen molar-refractivity contribution in [3.8, 4) is 0 Å². The highest BCUT2D eigenvalue weighted by Crippen LogP contribution is 2.56. The van der Waals surface area contributed by atoms with Crippen LogP contribution in [0.4, 0.5) is 0 Å². The lowest BCUT2D eigenvalue weighted by Crippen LogP contribution is -2.39. The maximum Gasteiger partial charge on any atom is 0.0233 e. The van der Waals surface area contributed by atoms with Gasteiger partial charge in [-0.25, -0.2) is 0 Å². The lowest BCUT2D eigenvalue weighted by Gasteiger charge is -2.25. The third-order valence-electron chi connectivity index (χ3n) is 4.38. The van der Waals surface area contributed by atoms with Crippen molar-refractivity contribution in [1.29, 1.82) is 0 Å². The van der Waals surface area contributed by atoms with Gasteiger partial charge in [0.2, 0.25) is 0 Å². The fourth-order valence-electron chi connectivity index (χ4n) is 3.69. The Morgan fingerprint density at radius 3 is 2.29 bits per heavy atom. The number of likely N-dealkylation sites (tertiary alicyclic amines) is 1. The smallest absolute Gasteiger partial charge is 0.0233 e. The van der Waals surface area contributed by atoms with Gasteiger partial charge in [0.15, 0.2) is 0 Å². The van der Waals surface area contributed by atoms with Gasteiger partial charge in [0, 0.05) is 25.2 Å². The summed E-state index contributed by atoms with van der Waals surface area (Å²) in [4.78, 5) is 2.58. The second kappa shape index (κ2) is 3.82. The molecule has 0 radical (unpaired) electrons. The second-order valence-corrected chi connectivity index (χ2v) is 6.35. The number of hydrogen-bond acceptors (Lipinski definition) is 2. The predicted octanol–water partition coefficient (Wildman–Crippen LogP) is 2.10. The van der Waals surface area contributed by atoms with Gasteiger partial charge in [-0.3, -0.25) is 4.90 Å². The van der Waals surface area contributed by atoms with Gasteiger partial charge in [-0.15, -0.1) is 0 Å². The summed E-state index contributed by atoms with van der Waals surface area (Å²) in [5, 5.41) is 0. The van der Waals surface area contributed by atoms with Crippen LogP contribution in [0.1, 0.15) is 19.4 Å². The number of hydrogen-bond donors (Lipinski definition) is 1. The molecule has 1 saturated carbocycles. The Labute approximate surface area is 104 Å². The fourth-order valence-corrected chi connectivity index (χ4v) is 3.69. The first-order valence-electron chi connectivity index (χ1n) is 6.61. The van der Waals surface area contributed by atoms with Crippen LogP contribution in [0.25, 0.3) is 0 Å². The molecule has 2 unspecified atom stereocenters. The van der Waals surface area contributed by atoms with Gasteiger partial charge >= 0.3 is 0 Å². The number of fused-ring (bicyclic) bond motifs is 1. The van der Waals surface area contributed by atoms with Crippen LogP contribution >= 0.6 is 0 Å². The minimum absolute atomic E-state index is 0.0220. The molecule has 2 atom stereocenters. The molecule has 1 aromatic rings. The molecule has 17 heavy (non-hydrogen) atoms. The van der Waals surface area contributed by atoms with E-state index >= 15 is 0 Å². The second-order valence-electron chi connectivity index (χ2n) is 6.35. The number of benzene rings is 1. The van der Waals surface area contributed by atoms with Crippen LogP contribution in [0.2, 0.25) is 0 Å². The Morgan fingerprint density at radius 2 is 1.76 bits per heavy atom. The molecule has 1 aliphatic carbocycles. The van der Waals surface area contributed by atoms with Crippen LogP contribution in [-0.2, 0) is 6.54 Å². The summed E-state index contributed by atoms with van der Waals surface area (Å²) >= 11 is 0. The molecule has 1 aromatic carbocycles. The average molecular weight is 230 g/mol. The molecular weight excluding hydrogens is 208 g/mol. The first kappa shape index (κ1) is 11.2. The molecule has 2 N–H and O–H groups in total. The van der Waals surface area contributed by atoms with Gasteiger partial charge in [0.1, 0.15) is 0 Å². The number of nitrogens with zero attached hydrogens (tertiary/aromatic N) is 1. The average Bonchev–Trinajstić information content (AvgIpc) is 2.80. The lowest BCUT2D eigenvalue weighted by molar-refractivity contribution is 0.249. The van der Waals surface area contributed by atoms with E-state index in [2.05, 4.69) is 49.1 Å². The van der Waals surface area contributed by atoms with Crippen LogP contribution in [0.3, 0.4) is 0 Å². The van der Waals surface area contributed by atoms with Crippen molar-refractivity contribution < 1.29 is 0 Å². The maximum atomic E-state index is 6.21. The third kappa shape index (κ3) is 2.12. The molecule has 2 nitrogen and oxygen atoms in total. The molecule has 2 heteroatoms. The zero-order valence-corrected chi connectivity index (χ0v) is 10.8. The van der Waals surface area contributed by atoms with Gasteiger partial charge < -0.3 is 5.73 Å². The summed E-state index contributed by atoms with van der Waals surface area (Å²) in [6.45, 7) is 7.94. The predicted molar refractivity (Wildman–Crippen MR) is 70.5 cm³/mol. The zero-order valence-electron chi connectivity index (χ0n) is 10.8. The van der Waals surface area contributed by atoms with Crippen LogP contribution in [-0.4, -0.2) is 23.5 Å². The minimum atomic E-state index is 0.0220. The van der Waals surface area contributed by atoms with E-state index in [4.69, 9.17) is 5.73 Å². The highest BCUT2D eigenvalue weighted by atomic mass is 15.2. The molecule has 2 fully saturated rings. The molecule has 0 bridgehead atoms.